The normalized spacial score (nSPS) is 11.7. The number of fused-ring (bicyclic) bond motifs is 3. The summed E-state index contributed by atoms with van der Waals surface area (Å²) in [5, 5.41) is 21.2. The minimum atomic E-state index is -0.999. The van der Waals surface area contributed by atoms with Crippen molar-refractivity contribution >= 4 is 23.5 Å². The van der Waals surface area contributed by atoms with E-state index in [1.807, 2.05) is 24.3 Å². The molecule has 1 heterocycles. The molecule has 1 N–H and O–H groups in total. The van der Waals surface area contributed by atoms with E-state index in [2.05, 4.69) is 33.7 Å². The Balaban J connectivity index is 1.35. The van der Waals surface area contributed by atoms with Crippen LogP contribution in [0.3, 0.4) is 0 Å². The predicted octanol–water partition coefficient (Wildman–Crippen LogP) is 3.91. The third-order valence-corrected chi connectivity index (χ3v) is 6.20. The zero-order valence-corrected chi connectivity index (χ0v) is 17.0. The first kappa shape index (κ1) is 19.2. The molecule has 152 valence electrons. The topological polar surface area (TPSA) is 98.0 Å². The number of aromatic carboxylic acids is 1. The number of rotatable bonds is 6. The van der Waals surface area contributed by atoms with Gasteiger partial charge in [0.05, 0.1) is 17.0 Å². The van der Waals surface area contributed by atoms with Gasteiger partial charge in [0.1, 0.15) is 0 Å². The Kier molecular flexibility index (Phi) is 4.83. The molecule has 0 saturated carbocycles. The average Bonchev–Trinajstić information content (AvgIpc) is 3.42. The molecule has 7 nitrogen and oxygen atoms in total. The molecule has 0 saturated heterocycles. The lowest BCUT2D eigenvalue weighted by Gasteiger charge is -2.08. The van der Waals surface area contributed by atoms with Crippen LogP contribution in [-0.4, -0.2) is 42.8 Å². The number of carbonyl (C=O) groups is 2. The van der Waals surface area contributed by atoms with Crippen LogP contribution in [0.1, 0.15) is 31.8 Å². The molecule has 31 heavy (non-hydrogen) atoms. The van der Waals surface area contributed by atoms with Crippen molar-refractivity contribution in [3.05, 3.63) is 89.0 Å². The van der Waals surface area contributed by atoms with Gasteiger partial charge in [-0.15, -0.1) is 5.10 Å². The Hall–Kier alpha value is -3.78. The summed E-state index contributed by atoms with van der Waals surface area (Å²) in [6.45, 7) is 0. The fourth-order valence-corrected chi connectivity index (χ4v) is 4.58. The number of tetrazole rings is 1. The molecule has 0 aliphatic heterocycles. The number of hydrogen-bond donors (Lipinski definition) is 1. The predicted molar refractivity (Wildman–Crippen MR) is 116 cm³/mol. The molecule has 0 spiro atoms. The molecule has 3 aromatic carbocycles. The molecular formula is C23H16N4O3S. The number of benzene rings is 3. The van der Waals surface area contributed by atoms with Gasteiger partial charge in [-0.25, -0.2) is 4.79 Å². The Bertz CT molecular complexity index is 1310. The summed E-state index contributed by atoms with van der Waals surface area (Å²) in [5.74, 6) is -0.785. The van der Waals surface area contributed by atoms with Crippen LogP contribution < -0.4 is 0 Å². The van der Waals surface area contributed by atoms with E-state index in [1.165, 1.54) is 39.7 Å². The summed E-state index contributed by atoms with van der Waals surface area (Å²) in [6, 6.07) is 20.3. The van der Waals surface area contributed by atoms with Gasteiger partial charge in [-0.1, -0.05) is 54.2 Å². The van der Waals surface area contributed by atoms with E-state index in [0.717, 1.165) is 23.1 Å². The van der Waals surface area contributed by atoms with Gasteiger partial charge in [0.25, 0.3) is 0 Å². The summed E-state index contributed by atoms with van der Waals surface area (Å²) >= 11 is 1.25. The van der Waals surface area contributed by atoms with Crippen molar-refractivity contribution in [3.8, 4) is 16.8 Å². The summed E-state index contributed by atoms with van der Waals surface area (Å²) in [5.41, 5.74) is 6.15. The van der Waals surface area contributed by atoms with Gasteiger partial charge < -0.3 is 5.11 Å². The van der Waals surface area contributed by atoms with Gasteiger partial charge in [0.2, 0.25) is 5.16 Å². The maximum atomic E-state index is 13.1. The number of hydrogen-bond acceptors (Lipinski definition) is 6. The summed E-state index contributed by atoms with van der Waals surface area (Å²) in [6.07, 6.45) is 0.756. The van der Waals surface area contributed by atoms with Crippen LogP contribution >= 0.6 is 11.8 Å². The number of nitrogens with zero attached hydrogens (tertiary/aromatic N) is 4. The second kappa shape index (κ2) is 7.81. The molecule has 5 rings (SSSR count). The number of Topliss-reactive ketones (excluding diaryl/α,β-unsaturated/α-hetero) is 1. The summed E-state index contributed by atoms with van der Waals surface area (Å²) in [4.78, 5) is 24.1. The minimum Gasteiger partial charge on any atom is -0.478 e. The molecule has 1 aromatic heterocycles. The largest absolute Gasteiger partial charge is 0.478 e. The quantitative estimate of drug-likeness (QED) is 0.323. The van der Waals surface area contributed by atoms with E-state index >= 15 is 0 Å². The van der Waals surface area contributed by atoms with Crippen LogP contribution in [0.2, 0.25) is 0 Å². The molecule has 0 unspecified atom stereocenters. The fourth-order valence-electron chi connectivity index (χ4n) is 3.80. The molecular weight excluding hydrogens is 412 g/mol. The minimum absolute atomic E-state index is 0.0189. The van der Waals surface area contributed by atoms with E-state index in [-0.39, 0.29) is 17.1 Å². The zero-order valence-electron chi connectivity index (χ0n) is 16.2. The number of aromatic nitrogens is 4. The highest BCUT2D eigenvalue weighted by atomic mass is 32.2. The highest BCUT2D eigenvalue weighted by Crippen LogP contribution is 2.38. The van der Waals surface area contributed by atoms with Crippen molar-refractivity contribution in [3.63, 3.8) is 0 Å². The number of carbonyl (C=O) groups excluding carboxylic acids is 1. The van der Waals surface area contributed by atoms with Gasteiger partial charge in [-0.3, -0.25) is 4.79 Å². The fraction of sp³-hybridized carbons (Fsp3) is 0.0870. The van der Waals surface area contributed by atoms with E-state index in [0.29, 0.717) is 10.8 Å². The summed E-state index contributed by atoms with van der Waals surface area (Å²) in [7, 11) is 0. The van der Waals surface area contributed by atoms with Crippen molar-refractivity contribution in [2.24, 2.45) is 0 Å². The van der Waals surface area contributed by atoms with Gasteiger partial charge in [-0.05, 0) is 63.4 Å². The van der Waals surface area contributed by atoms with Gasteiger partial charge in [0, 0.05) is 5.56 Å². The van der Waals surface area contributed by atoms with Gasteiger partial charge >= 0.3 is 5.97 Å². The van der Waals surface area contributed by atoms with E-state index < -0.39 is 5.97 Å². The second-order valence-electron chi connectivity index (χ2n) is 7.10. The molecule has 0 fully saturated rings. The maximum absolute atomic E-state index is 13.1. The van der Waals surface area contributed by atoms with Crippen molar-refractivity contribution in [2.45, 2.75) is 11.6 Å². The summed E-state index contributed by atoms with van der Waals surface area (Å²) < 4.78 is 1.49. The lowest BCUT2D eigenvalue weighted by molar-refractivity contribution is 0.0696. The SMILES string of the molecule is O=C(O)c1ccc(-n2nnnc2SCC(=O)c2cccc3c2Cc2ccccc2-3)cc1. The first-order valence-corrected chi connectivity index (χ1v) is 10.6. The molecule has 1 aliphatic carbocycles. The second-order valence-corrected chi connectivity index (χ2v) is 8.05. The molecule has 0 radical (unpaired) electrons. The Morgan fingerprint density at radius 1 is 0.968 bits per heavy atom. The Morgan fingerprint density at radius 3 is 2.55 bits per heavy atom. The first-order valence-electron chi connectivity index (χ1n) is 9.60. The third-order valence-electron chi connectivity index (χ3n) is 5.28. The maximum Gasteiger partial charge on any atom is 0.335 e. The number of carboxylic acid groups (broad SMARTS) is 1. The standard InChI is InChI=1S/C23H16N4O3S/c28-21(19-7-3-6-18-17-5-2-1-4-15(17)12-20(18)19)13-31-23-24-25-26-27(23)16-10-8-14(9-11-16)22(29)30/h1-11H,12-13H2,(H,29,30). The smallest absolute Gasteiger partial charge is 0.335 e. The van der Waals surface area contributed by atoms with Crippen molar-refractivity contribution in [1.29, 1.82) is 0 Å². The zero-order chi connectivity index (χ0) is 21.4. The van der Waals surface area contributed by atoms with Crippen LogP contribution in [0.5, 0.6) is 0 Å². The van der Waals surface area contributed by atoms with Gasteiger partial charge in [-0.2, -0.15) is 4.68 Å². The van der Waals surface area contributed by atoms with Crippen LogP contribution in [0, 0.1) is 0 Å². The lowest BCUT2D eigenvalue weighted by Crippen LogP contribution is -2.08. The van der Waals surface area contributed by atoms with Crippen molar-refractivity contribution in [2.75, 3.05) is 5.75 Å². The Morgan fingerprint density at radius 2 is 1.74 bits per heavy atom. The molecule has 0 amide bonds. The monoisotopic (exact) mass is 428 g/mol. The third kappa shape index (κ3) is 3.51. The first-order chi connectivity index (χ1) is 15.1. The molecule has 1 aliphatic rings. The molecule has 8 heteroatoms. The number of ketones is 1. The van der Waals surface area contributed by atoms with Crippen LogP contribution in [0.15, 0.2) is 71.9 Å². The Labute approximate surface area is 181 Å². The van der Waals surface area contributed by atoms with Gasteiger partial charge in [0.15, 0.2) is 5.78 Å². The highest BCUT2D eigenvalue weighted by molar-refractivity contribution is 7.99. The van der Waals surface area contributed by atoms with Crippen LogP contribution in [0.4, 0.5) is 0 Å². The molecule has 0 bridgehead atoms. The highest BCUT2D eigenvalue weighted by Gasteiger charge is 2.23. The van der Waals surface area contributed by atoms with Crippen molar-refractivity contribution in [1.82, 2.24) is 20.2 Å². The van der Waals surface area contributed by atoms with E-state index in [4.69, 9.17) is 5.11 Å². The van der Waals surface area contributed by atoms with Crippen molar-refractivity contribution < 1.29 is 14.7 Å². The van der Waals surface area contributed by atoms with Crippen LogP contribution in [-0.2, 0) is 6.42 Å². The van der Waals surface area contributed by atoms with E-state index in [1.54, 1.807) is 12.1 Å². The lowest BCUT2D eigenvalue weighted by atomic mass is 9.99. The van der Waals surface area contributed by atoms with E-state index in [9.17, 15) is 9.59 Å². The molecule has 0 atom stereocenters. The average molecular weight is 428 g/mol. The number of thioether (sulfide) groups is 1. The van der Waals surface area contributed by atoms with Crippen LogP contribution in [0.25, 0.3) is 16.8 Å². The number of carboxylic acids is 1. The molecule has 4 aromatic rings.